The summed E-state index contributed by atoms with van der Waals surface area (Å²) in [5.74, 6) is -0.598. The summed E-state index contributed by atoms with van der Waals surface area (Å²) in [6.45, 7) is -2.00. The number of hydrogen-bond acceptors (Lipinski definition) is 5. The van der Waals surface area contributed by atoms with Gasteiger partial charge in [0.15, 0.2) is 6.61 Å². The van der Waals surface area contributed by atoms with Crippen LogP contribution in [-0.2, 0) is 6.54 Å². The van der Waals surface area contributed by atoms with Gasteiger partial charge in [0.2, 0.25) is 0 Å². The average Bonchev–Trinajstić information content (AvgIpc) is 3.16. The quantitative estimate of drug-likeness (QED) is 0.401. The highest BCUT2D eigenvalue weighted by Crippen LogP contribution is 2.38. The summed E-state index contributed by atoms with van der Waals surface area (Å²) in [7, 11) is 0. The summed E-state index contributed by atoms with van der Waals surface area (Å²) < 4.78 is 76.4. The van der Waals surface area contributed by atoms with Crippen molar-refractivity contribution in [1.29, 1.82) is 0 Å². The van der Waals surface area contributed by atoms with Crippen LogP contribution in [-0.4, -0.2) is 40.6 Å². The van der Waals surface area contributed by atoms with Gasteiger partial charge >= 0.3 is 12.7 Å². The maximum atomic E-state index is 13.8. The molecule has 0 saturated heterocycles. The summed E-state index contributed by atoms with van der Waals surface area (Å²) in [5, 5.41) is 9.81. The number of ether oxygens (including phenoxy) is 2. The molecule has 0 atom stereocenters. The van der Waals surface area contributed by atoms with Crippen LogP contribution >= 0.6 is 0 Å². The van der Waals surface area contributed by atoms with Gasteiger partial charge in [-0.05, 0) is 49.7 Å². The highest BCUT2D eigenvalue weighted by atomic mass is 19.4. The van der Waals surface area contributed by atoms with Gasteiger partial charge in [-0.2, -0.15) is 22.0 Å². The van der Waals surface area contributed by atoms with E-state index in [1.807, 2.05) is 0 Å². The van der Waals surface area contributed by atoms with Crippen molar-refractivity contribution in [3.8, 4) is 22.6 Å². The van der Waals surface area contributed by atoms with Crippen molar-refractivity contribution >= 4 is 11.6 Å². The maximum Gasteiger partial charge on any atom is 0.422 e. The topological polar surface area (TPSA) is 81.0 Å². The lowest BCUT2D eigenvalue weighted by molar-refractivity contribution is -0.153. The molecule has 0 saturated carbocycles. The summed E-state index contributed by atoms with van der Waals surface area (Å²) in [5.41, 5.74) is -2.47. The van der Waals surface area contributed by atoms with Gasteiger partial charge in [0.25, 0.3) is 11.5 Å². The van der Waals surface area contributed by atoms with E-state index in [0.29, 0.717) is 11.4 Å². The summed E-state index contributed by atoms with van der Waals surface area (Å²) in [6.07, 6.45) is -3.92. The van der Waals surface area contributed by atoms with Crippen molar-refractivity contribution in [2.75, 3.05) is 18.1 Å². The predicted molar refractivity (Wildman–Crippen MR) is 128 cm³/mol. The Morgan fingerprint density at radius 1 is 0.947 bits per heavy atom. The molecule has 1 N–H and O–H groups in total. The molecule has 4 rings (SSSR count). The Morgan fingerprint density at radius 2 is 1.61 bits per heavy atom. The molecule has 1 aromatic heterocycles. The van der Waals surface area contributed by atoms with Crippen molar-refractivity contribution in [1.82, 2.24) is 4.57 Å². The van der Waals surface area contributed by atoms with Crippen molar-refractivity contribution in [3.63, 3.8) is 0 Å². The number of amides is 1. The van der Waals surface area contributed by atoms with E-state index in [2.05, 4.69) is 0 Å². The monoisotopic (exact) mass is 538 g/mol. The number of anilines is 1. The van der Waals surface area contributed by atoms with Crippen LogP contribution in [0, 0.1) is 0 Å². The molecule has 0 fully saturated rings. The number of alkyl halides is 5. The van der Waals surface area contributed by atoms with Crippen molar-refractivity contribution < 1.29 is 41.3 Å². The first-order chi connectivity index (χ1) is 17.7. The predicted octanol–water partition coefficient (Wildman–Crippen LogP) is 5.16. The first-order valence-electron chi connectivity index (χ1n) is 11.4. The second-order valence-electron chi connectivity index (χ2n) is 9.27. The van der Waals surface area contributed by atoms with E-state index in [0.717, 1.165) is 6.20 Å². The van der Waals surface area contributed by atoms with Gasteiger partial charge in [0.1, 0.15) is 18.1 Å². The Hall–Kier alpha value is -3.93. The first-order valence-corrected chi connectivity index (χ1v) is 11.4. The third-order valence-electron chi connectivity index (χ3n) is 5.63. The molecular weight excluding hydrogens is 515 g/mol. The number of carbonyl (C=O) groups excluding carboxylic acids is 1. The smallest absolute Gasteiger partial charge is 0.422 e. The maximum absolute atomic E-state index is 13.8. The number of aromatic nitrogens is 1. The largest absolute Gasteiger partial charge is 0.491 e. The highest BCUT2D eigenvalue weighted by molar-refractivity contribution is 6.11. The number of pyridine rings is 1. The van der Waals surface area contributed by atoms with Crippen molar-refractivity contribution in [2.45, 2.75) is 38.7 Å². The van der Waals surface area contributed by atoms with Gasteiger partial charge in [-0.15, -0.1) is 0 Å². The van der Waals surface area contributed by atoms with Crippen molar-refractivity contribution in [3.05, 3.63) is 76.2 Å². The van der Waals surface area contributed by atoms with Crippen LogP contribution in [0.15, 0.2) is 59.5 Å². The SMILES string of the molecule is CC(C)(O)COc1ccc(N2Cc3c(cn(C(F)F)c(=O)c3-c3ccccc3OCC(F)(F)F)C2=O)cc1. The number of aliphatic hydroxyl groups is 1. The number of benzene rings is 2. The number of fused-ring (bicyclic) bond motifs is 1. The molecule has 202 valence electrons. The average molecular weight is 538 g/mol. The number of hydrogen-bond donors (Lipinski definition) is 1. The molecule has 1 amide bonds. The van der Waals surface area contributed by atoms with E-state index in [1.54, 1.807) is 38.1 Å². The lowest BCUT2D eigenvalue weighted by Crippen LogP contribution is -2.27. The zero-order chi connectivity index (χ0) is 27.8. The van der Waals surface area contributed by atoms with Gasteiger partial charge in [-0.3, -0.25) is 14.2 Å². The van der Waals surface area contributed by atoms with E-state index >= 15 is 0 Å². The zero-order valence-corrected chi connectivity index (χ0v) is 20.3. The van der Waals surface area contributed by atoms with Gasteiger partial charge in [0, 0.05) is 17.4 Å². The molecular formula is C26H23F5N2O5. The van der Waals surface area contributed by atoms with E-state index in [9.17, 15) is 36.6 Å². The fourth-order valence-electron chi connectivity index (χ4n) is 3.96. The van der Waals surface area contributed by atoms with Gasteiger partial charge in [-0.1, -0.05) is 18.2 Å². The van der Waals surface area contributed by atoms with Crippen LogP contribution in [0.5, 0.6) is 11.5 Å². The van der Waals surface area contributed by atoms with E-state index < -0.39 is 36.4 Å². The fraction of sp³-hybridized carbons (Fsp3) is 0.308. The first kappa shape index (κ1) is 27.1. The molecule has 0 radical (unpaired) electrons. The number of nitrogens with zero attached hydrogens (tertiary/aromatic N) is 2. The van der Waals surface area contributed by atoms with E-state index in [-0.39, 0.29) is 45.7 Å². The highest BCUT2D eigenvalue weighted by Gasteiger charge is 2.35. The molecule has 12 heteroatoms. The van der Waals surface area contributed by atoms with Crippen LogP contribution in [0.4, 0.5) is 27.6 Å². The standard InChI is InChI=1S/C26H23F5N2O5/c1-25(2,36)13-37-16-9-7-15(8-10-16)32-11-18-19(22(32)34)12-33(24(27)28)23(35)21(18)17-5-3-4-6-20(17)38-14-26(29,30)31/h3-10,12,24,36H,11,13-14H2,1-2H3. The molecule has 2 heterocycles. The summed E-state index contributed by atoms with van der Waals surface area (Å²) >= 11 is 0. The fourth-order valence-corrected chi connectivity index (χ4v) is 3.96. The minimum atomic E-state index is -4.68. The van der Waals surface area contributed by atoms with Crippen molar-refractivity contribution in [2.24, 2.45) is 0 Å². The molecule has 7 nitrogen and oxygen atoms in total. The lowest BCUT2D eigenvalue weighted by atomic mass is 9.98. The molecule has 0 unspecified atom stereocenters. The van der Waals surface area contributed by atoms with Gasteiger partial charge < -0.3 is 19.5 Å². The van der Waals surface area contributed by atoms with Crippen LogP contribution in [0.2, 0.25) is 0 Å². The zero-order valence-electron chi connectivity index (χ0n) is 20.3. The molecule has 0 spiro atoms. The molecule has 3 aromatic rings. The van der Waals surface area contributed by atoms with E-state index in [1.165, 1.54) is 29.2 Å². The van der Waals surface area contributed by atoms with Crippen LogP contribution in [0.3, 0.4) is 0 Å². The Kier molecular flexibility index (Phi) is 7.20. The third kappa shape index (κ3) is 5.80. The Balaban J connectivity index is 1.75. The number of carbonyl (C=O) groups is 1. The molecule has 1 aliphatic rings. The Labute approximate surface area is 213 Å². The van der Waals surface area contributed by atoms with E-state index in [4.69, 9.17) is 9.47 Å². The third-order valence-corrected chi connectivity index (χ3v) is 5.63. The van der Waals surface area contributed by atoms with Gasteiger partial charge in [-0.25, -0.2) is 0 Å². The van der Waals surface area contributed by atoms with Crippen LogP contribution in [0.1, 0.15) is 36.3 Å². The molecule has 1 aliphatic heterocycles. The van der Waals surface area contributed by atoms with Gasteiger partial charge in [0.05, 0.1) is 23.3 Å². The molecule has 38 heavy (non-hydrogen) atoms. The second kappa shape index (κ2) is 10.1. The number of para-hydroxylation sites is 1. The molecule has 0 bridgehead atoms. The number of halogens is 5. The summed E-state index contributed by atoms with van der Waals surface area (Å²) in [4.78, 5) is 27.6. The molecule has 2 aromatic carbocycles. The minimum absolute atomic E-state index is 0.0134. The van der Waals surface area contributed by atoms with Crippen LogP contribution in [0.25, 0.3) is 11.1 Å². The number of rotatable bonds is 8. The lowest BCUT2D eigenvalue weighted by Gasteiger charge is -2.19. The molecule has 0 aliphatic carbocycles. The van der Waals surface area contributed by atoms with Crippen LogP contribution < -0.4 is 19.9 Å². The Bertz CT molecular complexity index is 1400. The summed E-state index contributed by atoms with van der Waals surface area (Å²) in [6, 6.07) is 11.5. The minimum Gasteiger partial charge on any atom is -0.491 e. The Morgan fingerprint density at radius 3 is 2.21 bits per heavy atom. The second-order valence-corrected chi connectivity index (χ2v) is 9.27. The normalized spacial score (nSPS) is 13.7.